The number of aromatic nitrogens is 1. The highest BCUT2D eigenvalue weighted by Gasteiger charge is 2.28. The monoisotopic (exact) mass is 437 g/mol. The molecule has 2 nitrogen and oxygen atoms in total. The maximum atomic E-state index is 6.52. The van der Waals surface area contributed by atoms with Gasteiger partial charge in [0, 0.05) is 11.1 Å². The van der Waals surface area contributed by atoms with Crippen molar-refractivity contribution < 1.29 is 4.42 Å². The van der Waals surface area contributed by atoms with Crippen molar-refractivity contribution in [2.45, 2.75) is 65.2 Å². The van der Waals surface area contributed by atoms with E-state index in [9.17, 15) is 0 Å². The van der Waals surface area contributed by atoms with Gasteiger partial charge in [0.2, 0.25) is 5.89 Å². The summed E-state index contributed by atoms with van der Waals surface area (Å²) >= 11 is 0. The third-order valence-corrected chi connectivity index (χ3v) is 7.21. The smallest absolute Gasteiger partial charge is 0.227 e. The SMILES string of the molecule is CCC(C)(C)c1cc(C(C)(C)CC)c2oc(-c3ccccc3C=Cc3ccccc3)nc2c1. The fraction of sp³-hybridized carbons (Fsp3) is 0.323. The molecule has 170 valence electrons. The zero-order valence-corrected chi connectivity index (χ0v) is 20.8. The van der Waals surface area contributed by atoms with Crippen molar-refractivity contribution in [1.29, 1.82) is 0 Å². The Morgan fingerprint density at radius 2 is 1.45 bits per heavy atom. The van der Waals surface area contributed by atoms with Crippen molar-refractivity contribution in [2.24, 2.45) is 0 Å². The van der Waals surface area contributed by atoms with Crippen LogP contribution in [-0.2, 0) is 10.8 Å². The minimum atomic E-state index is 0.00160. The van der Waals surface area contributed by atoms with Crippen molar-refractivity contribution in [3.8, 4) is 11.5 Å². The minimum Gasteiger partial charge on any atom is -0.436 e. The van der Waals surface area contributed by atoms with Crippen LogP contribution in [0.2, 0.25) is 0 Å². The van der Waals surface area contributed by atoms with E-state index in [1.54, 1.807) is 0 Å². The average Bonchev–Trinajstić information content (AvgIpc) is 3.27. The fourth-order valence-electron chi connectivity index (χ4n) is 4.02. The van der Waals surface area contributed by atoms with Gasteiger partial charge in [0.05, 0.1) is 0 Å². The van der Waals surface area contributed by atoms with Gasteiger partial charge in [-0.25, -0.2) is 4.98 Å². The van der Waals surface area contributed by atoms with Gasteiger partial charge in [-0.1, -0.05) is 108 Å². The lowest BCUT2D eigenvalue weighted by atomic mass is 9.76. The van der Waals surface area contributed by atoms with E-state index in [4.69, 9.17) is 9.40 Å². The standard InChI is InChI=1S/C31H35NO/c1-7-30(3,4)24-20-26(31(5,6)8-2)28-27(21-24)32-29(33-28)25-17-13-12-16-23(25)19-18-22-14-10-9-11-15-22/h9-21H,7-8H2,1-6H3. The van der Waals surface area contributed by atoms with E-state index < -0.39 is 0 Å². The third-order valence-electron chi connectivity index (χ3n) is 7.21. The largest absolute Gasteiger partial charge is 0.436 e. The molecule has 0 unspecified atom stereocenters. The maximum Gasteiger partial charge on any atom is 0.227 e. The predicted octanol–water partition coefficient (Wildman–Crippen LogP) is 9.04. The molecule has 0 saturated carbocycles. The highest BCUT2D eigenvalue weighted by molar-refractivity contribution is 5.84. The number of fused-ring (bicyclic) bond motifs is 1. The van der Waals surface area contributed by atoms with E-state index in [0.29, 0.717) is 5.89 Å². The highest BCUT2D eigenvalue weighted by atomic mass is 16.3. The van der Waals surface area contributed by atoms with Crippen molar-refractivity contribution in [3.05, 3.63) is 89.0 Å². The van der Waals surface area contributed by atoms with Crippen LogP contribution in [0.4, 0.5) is 0 Å². The normalized spacial score (nSPS) is 12.7. The molecule has 0 aliphatic carbocycles. The molecule has 1 aromatic heterocycles. The minimum absolute atomic E-state index is 0.00160. The number of hydrogen-bond acceptors (Lipinski definition) is 2. The lowest BCUT2D eigenvalue weighted by Gasteiger charge is -2.28. The van der Waals surface area contributed by atoms with E-state index >= 15 is 0 Å². The van der Waals surface area contributed by atoms with Crippen LogP contribution in [0.5, 0.6) is 0 Å². The second-order valence-electron chi connectivity index (χ2n) is 10.2. The molecule has 0 N–H and O–H groups in total. The molecule has 0 radical (unpaired) electrons. The molecule has 0 amide bonds. The van der Waals surface area contributed by atoms with Crippen LogP contribution in [0.15, 0.2) is 71.1 Å². The Bertz CT molecular complexity index is 1280. The van der Waals surface area contributed by atoms with Crippen LogP contribution in [-0.4, -0.2) is 4.98 Å². The molecule has 0 aliphatic rings. The van der Waals surface area contributed by atoms with Crippen LogP contribution >= 0.6 is 0 Å². The summed E-state index contributed by atoms with van der Waals surface area (Å²) in [5.41, 5.74) is 7.79. The van der Waals surface area contributed by atoms with E-state index in [-0.39, 0.29) is 10.8 Å². The molecule has 0 fully saturated rings. The molecule has 4 rings (SSSR count). The molecule has 2 heteroatoms. The highest BCUT2D eigenvalue weighted by Crippen LogP contribution is 2.40. The Labute approximate surface area is 198 Å². The molecular weight excluding hydrogens is 402 g/mol. The number of rotatable bonds is 7. The summed E-state index contributed by atoms with van der Waals surface area (Å²) in [7, 11) is 0. The first kappa shape index (κ1) is 23.0. The van der Waals surface area contributed by atoms with Crippen molar-refractivity contribution in [3.63, 3.8) is 0 Å². The first-order valence-electron chi connectivity index (χ1n) is 12.0. The summed E-state index contributed by atoms with van der Waals surface area (Å²) in [6.45, 7) is 13.7. The second kappa shape index (κ2) is 9.02. The van der Waals surface area contributed by atoms with Crippen molar-refractivity contribution >= 4 is 23.3 Å². The molecule has 33 heavy (non-hydrogen) atoms. The summed E-state index contributed by atoms with van der Waals surface area (Å²) in [4.78, 5) is 5.01. The van der Waals surface area contributed by atoms with Gasteiger partial charge in [-0.3, -0.25) is 0 Å². The van der Waals surface area contributed by atoms with Crippen LogP contribution in [0.3, 0.4) is 0 Å². The van der Waals surface area contributed by atoms with Crippen molar-refractivity contribution in [2.75, 3.05) is 0 Å². The zero-order valence-electron chi connectivity index (χ0n) is 20.8. The van der Waals surface area contributed by atoms with E-state index in [2.05, 4.69) is 108 Å². The molecule has 1 heterocycles. The molecule has 0 aliphatic heterocycles. The van der Waals surface area contributed by atoms with Gasteiger partial charge in [0.15, 0.2) is 5.58 Å². The first-order valence-corrected chi connectivity index (χ1v) is 12.0. The van der Waals surface area contributed by atoms with Gasteiger partial charge >= 0.3 is 0 Å². The summed E-state index contributed by atoms with van der Waals surface area (Å²) in [5, 5.41) is 0. The maximum absolute atomic E-state index is 6.52. The van der Waals surface area contributed by atoms with Gasteiger partial charge in [-0.2, -0.15) is 0 Å². The molecular formula is C31H35NO. The Balaban J connectivity index is 1.87. The second-order valence-corrected chi connectivity index (χ2v) is 10.2. The topological polar surface area (TPSA) is 26.0 Å². The summed E-state index contributed by atoms with van der Waals surface area (Å²) in [6.07, 6.45) is 6.38. The van der Waals surface area contributed by atoms with Gasteiger partial charge in [-0.15, -0.1) is 0 Å². The molecule has 0 atom stereocenters. The number of oxazole rings is 1. The summed E-state index contributed by atoms with van der Waals surface area (Å²) in [5.74, 6) is 0.679. The Morgan fingerprint density at radius 1 is 0.788 bits per heavy atom. The summed E-state index contributed by atoms with van der Waals surface area (Å²) < 4.78 is 6.52. The van der Waals surface area contributed by atoms with Crippen LogP contribution in [0.25, 0.3) is 34.7 Å². The number of hydrogen-bond donors (Lipinski definition) is 0. The molecule has 0 spiro atoms. The predicted molar refractivity (Wildman–Crippen MR) is 141 cm³/mol. The van der Waals surface area contributed by atoms with Gasteiger partial charge in [0.1, 0.15) is 5.52 Å². The quantitative estimate of drug-likeness (QED) is 0.269. The van der Waals surface area contributed by atoms with E-state index in [1.807, 2.05) is 12.1 Å². The van der Waals surface area contributed by atoms with Crippen LogP contribution < -0.4 is 0 Å². The Hall–Kier alpha value is -3.13. The lowest BCUT2D eigenvalue weighted by Crippen LogP contribution is -2.20. The van der Waals surface area contributed by atoms with Gasteiger partial charge in [-0.05, 0) is 52.5 Å². The third kappa shape index (κ3) is 4.66. The summed E-state index contributed by atoms with van der Waals surface area (Å²) in [6, 6.07) is 23.3. The lowest BCUT2D eigenvalue weighted by molar-refractivity contribution is 0.484. The Morgan fingerprint density at radius 3 is 2.15 bits per heavy atom. The average molecular weight is 438 g/mol. The number of benzene rings is 3. The van der Waals surface area contributed by atoms with E-state index in [0.717, 1.165) is 35.1 Å². The van der Waals surface area contributed by atoms with Crippen molar-refractivity contribution in [1.82, 2.24) is 4.98 Å². The zero-order chi connectivity index (χ0) is 23.6. The van der Waals surface area contributed by atoms with Crippen LogP contribution in [0, 0.1) is 0 Å². The number of nitrogens with zero attached hydrogens (tertiary/aromatic N) is 1. The molecule has 4 aromatic rings. The van der Waals surface area contributed by atoms with Crippen LogP contribution in [0.1, 0.15) is 76.6 Å². The Kier molecular flexibility index (Phi) is 6.30. The van der Waals surface area contributed by atoms with E-state index in [1.165, 1.54) is 16.7 Å². The fourth-order valence-corrected chi connectivity index (χ4v) is 4.02. The molecule has 0 saturated heterocycles. The van der Waals surface area contributed by atoms with Gasteiger partial charge in [0.25, 0.3) is 0 Å². The molecule has 0 bridgehead atoms. The molecule has 3 aromatic carbocycles. The van der Waals surface area contributed by atoms with Gasteiger partial charge < -0.3 is 4.42 Å². The first-order chi connectivity index (χ1) is 15.7.